The van der Waals surface area contributed by atoms with Gasteiger partial charge in [0.25, 0.3) is 0 Å². The van der Waals surface area contributed by atoms with Gasteiger partial charge in [0.1, 0.15) is 0 Å². The van der Waals surface area contributed by atoms with Crippen molar-refractivity contribution in [2.45, 2.75) is 51.3 Å². The van der Waals surface area contributed by atoms with Crippen LogP contribution in [0.3, 0.4) is 0 Å². The molecule has 21 heavy (non-hydrogen) atoms. The SMILES string of the molecule is CCC(O)(CC)CCc1ccccc1.NC(=O)C(F)(F)F. The van der Waals surface area contributed by atoms with Crippen LogP contribution in [0.1, 0.15) is 38.7 Å². The standard InChI is InChI=1S/C13H20O.C2H2F3NO/c1-3-13(14,4-2)11-10-12-8-6-5-7-9-12;3-2(4,5)1(6)7/h5-9,14H,3-4,10-11H2,1-2H3;(H2,6,7). The van der Waals surface area contributed by atoms with E-state index in [1.807, 2.05) is 18.2 Å². The fourth-order valence-corrected chi connectivity index (χ4v) is 1.63. The first-order valence-electron chi connectivity index (χ1n) is 6.77. The van der Waals surface area contributed by atoms with Crippen LogP contribution in [0.4, 0.5) is 13.2 Å². The average Bonchev–Trinajstić information content (AvgIpc) is 2.45. The molecular formula is C15H22F3NO2. The van der Waals surface area contributed by atoms with Gasteiger partial charge in [-0.2, -0.15) is 13.2 Å². The molecule has 3 nitrogen and oxygen atoms in total. The summed E-state index contributed by atoms with van der Waals surface area (Å²) in [6.07, 6.45) is -1.34. The van der Waals surface area contributed by atoms with E-state index < -0.39 is 17.7 Å². The molecular weight excluding hydrogens is 283 g/mol. The molecule has 0 fully saturated rings. The number of halogens is 3. The molecule has 1 aromatic rings. The van der Waals surface area contributed by atoms with Gasteiger partial charge in [-0.3, -0.25) is 4.79 Å². The molecule has 0 bridgehead atoms. The van der Waals surface area contributed by atoms with Gasteiger partial charge in [0.05, 0.1) is 5.60 Å². The number of nitrogens with two attached hydrogens (primary N) is 1. The first-order valence-corrected chi connectivity index (χ1v) is 6.77. The molecule has 0 saturated carbocycles. The van der Waals surface area contributed by atoms with E-state index in [0.29, 0.717) is 0 Å². The summed E-state index contributed by atoms with van der Waals surface area (Å²) < 4.78 is 32.1. The van der Waals surface area contributed by atoms with Crippen molar-refractivity contribution in [1.29, 1.82) is 0 Å². The van der Waals surface area contributed by atoms with Gasteiger partial charge in [-0.25, -0.2) is 0 Å². The lowest BCUT2D eigenvalue weighted by Crippen LogP contribution is -2.30. The summed E-state index contributed by atoms with van der Waals surface area (Å²) in [6.45, 7) is 4.10. The van der Waals surface area contributed by atoms with Crippen molar-refractivity contribution in [3.63, 3.8) is 0 Å². The number of alkyl halides is 3. The van der Waals surface area contributed by atoms with Gasteiger partial charge in [-0.05, 0) is 31.2 Å². The topological polar surface area (TPSA) is 63.3 Å². The van der Waals surface area contributed by atoms with Crippen molar-refractivity contribution in [1.82, 2.24) is 0 Å². The maximum Gasteiger partial charge on any atom is 0.470 e. The molecule has 3 N–H and O–H groups in total. The summed E-state index contributed by atoms with van der Waals surface area (Å²) in [5, 5.41) is 10.1. The van der Waals surface area contributed by atoms with E-state index in [-0.39, 0.29) is 0 Å². The number of primary amides is 1. The minimum atomic E-state index is -4.86. The number of hydrogen-bond acceptors (Lipinski definition) is 2. The Bertz CT molecular complexity index is 415. The van der Waals surface area contributed by atoms with Crippen LogP contribution in [-0.4, -0.2) is 22.8 Å². The summed E-state index contributed by atoms with van der Waals surface area (Å²) in [6, 6.07) is 10.4. The predicted octanol–water partition coefficient (Wildman–Crippen LogP) is 3.20. The molecule has 0 aliphatic heterocycles. The van der Waals surface area contributed by atoms with E-state index in [9.17, 15) is 18.3 Å². The Morgan fingerprint density at radius 1 is 1.14 bits per heavy atom. The molecule has 0 radical (unpaired) electrons. The van der Waals surface area contributed by atoms with Crippen LogP contribution < -0.4 is 5.73 Å². The fraction of sp³-hybridized carbons (Fsp3) is 0.533. The highest BCUT2D eigenvalue weighted by atomic mass is 19.4. The van der Waals surface area contributed by atoms with Crippen molar-refractivity contribution in [3.05, 3.63) is 35.9 Å². The van der Waals surface area contributed by atoms with E-state index in [2.05, 4.69) is 31.7 Å². The zero-order valence-corrected chi connectivity index (χ0v) is 12.3. The molecule has 0 atom stereocenters. The molecule has 0 spiro atoms. The second kappa shape index (κ2) is 8.67. The Labute approximate surface area is 123 Å². The predicted molar refractivity (Wildman–Crippen MR) is 75.5 cm³/mol. The Balaban J connectivity index is 0.000000486. The van der Waals surface area contributed by atoms with Crippen LogP contribution >= 0.6 is 0 Å². The molecule has 6 heteroatoms. The van der Waals surface area contributed by atoms with Gasteiger partial charge >= 0.3 is 12.1 Å². The number of amides is 1. The summed E-state index contributed by atoms with van der Waals surface area (Å²) in [7, 11) is 0. The average molecular weight is 305 g/mol. The Hall–Kier alpha value is -1.56. The number of rotatable bonds is 5. The van der Waals surface area contributed by atoms with Crippen LogP contribution in [0.15, 0.2) is 30.3 Å². The maximum absolute atomic E-state index is 10.7. The molecule has 1 aromatic carbocycles. The lowest BCUT2D eigenvalue weighted by molar-refractivity contribution is -0.169. The van der Waals surface area contributed by atoms with E-state index in [1.54, 1.807) is 0 Å². The molecule has 0 aliphatic rings. The highest BCUT2D eigenvalue weighted by molar-refractivity contribution is 5.79. The van der Waals surface area contributed by atoms with Crippen molar-refractivity contribution in [3.8, 4) is 0 Å². The number of carbonyl (C=O) groups excluding carboxylic acids is 1. The Kier molecular flexibility index (Phi) is 8.02. The van der Waals surface area contributed by atoms with Gasteiger partial charge in [-0.1, -0.05) is 44.2 Å². The molecule has 120 valence electrons. The summed E-state index contributed by atoms with van der Waals surface area (Å²) >= 11 is 0. The third-order valence-electron chi connectivity index (χ3n) is 3.32. The zero-order chi connectivity index (χ0) is 16.5. The molecule has 1 rings (SSSR count). The number of aryl methyl sites for hydroxylation is 1. The van der Waals surface area contributed by atoms with E-state index in [1.165, 1.54) is 5.56 Å². The van der Waals surface area contributed by atoms with Crippen LogP contribution in [-0.2, 0) is 11.2 Å². The molecule has 0 aliphatic carbocycles. The van der Waals surface area contributed by atoms with E-state index in [0.717, 1.165) is 25.7 Å². The summed E-state index contributed by atoms with van der Waals surface area (Å²) in [5.74, 6) is -2.26. The molecule has 0 heterocycles. The third-order valence-corrected chi connectivity index (χ3v) is 3.32. The first-order chi connectivity index (χ1) is 9.64. The normalized spacial score (nSPS) is 11.5. The molecule has 0 aromatic heterocycles. The molecule has 0 saturated heterocycles. The van der Waals surface area contributed by atoms with Gasteiger partial charge < -0.3 is 10.8 Å². The van der Waals surface area contributed by atoms with E-state index >= 15 is 0 Å². The number of hydrogen-bond donors (Lipinski definition) is 2. The summed E-state index contributed by atoms with van der Waals surface area (Å²) in [5.41, 5.74) is 4.66. The highest BCUT2D eigenvalue weighted by Crippen LogP contribution is 2.21. The van der Waals surface area contributed by atoms with Gasteiger partial charge in [0.15, 0.2) is 0 Å². The number of aliphatic hydroxyl groups is 1. The highest BCUT2D eigenvalue weighted by Gasteiger charge is 2.35. The molecule has 0 unspecified atom stereocenters. The van der Waals surface area contributed by atoms with Crippen molar-refractivity contribution in [2.75, 3.05) is 0 Å². The van der Waals surface area contributed by atoms with Crippen molar-refractivity contribution in [2.24, 2.45) is 5.73 Å². The number of carbonyl (C=O) groups is 1. The van der Waals surface area contributed by atoms with Gasteiger partial charge in [0.2, 0.25) is 0 Å². The van der Waals surface area contributed by atoms with Crippen LogP contribution in [0.2, 0.25) is 0 Å². The number of benzene rings is 1. The van der Waals surface area contributed by atoms with Crippen LogP contribution in [0, 0.1) is 0 Å². The van der Waals surface area contributed by atoms with Crippen molar-refractivity contribution < 1.29 is 23.1 Å². The summed E-state index contributed by atoms with van der Waals surface area (Å²) in [4.78, 5) is 9.12. The van der Waals surface area contributed by atoms with Gasteiger partial charge in [-0.15, -0.1) is 0 Å². The third kappa shape index (κ3) is 8.34. The smallest absolute Gasteiger partial charge is 0.390 e. The lowest BCUT2D eigenvalue weighted by Gasteiger charge is -2.24. The quantitative estimate of drug-likeness (QED) is 0.877. The maximum atomic E-state index is 10.7. The first kappa shape index (κ1) is 19.4. The minimum absolute atomic E-state index is 0.462. The zero-order valence-electron chi connectivity index (χ0n) is 12.3. The second-order valence-corrected chi connectivity index (χ2v) is 4.78. The largest absolute Gasteiger partial charge is 0.470 e. The monoisotopic (exact) mass is 305 g/mol. The Morgan fingerprint density at radius 3 is 1.90 bits per heavy atom. The minimum Gasteiger partial charge on any atom is -0.390 e. The Morgan fingerprint density at radius 2 is 1.57 bits per heavy atom. The van der Waals surface area contributed by atoms with E-state index in [4.69, 9.17) is 4.79 Å². The van der Waals surface area contributed by atoms with Crippen molar-refractivity contribution >= 4 is 5.91 Å². The van der Waals surface area contributed by atoms with Crippen LogP contribution in [0.25, 0.3) is 0 Å². The van der Waals surface area contributed by atoms with Crippen LogP contribution in [0.5, 0.6) is 0 Å². The second-order valence-electron chi connectivity index (χ2n) is 4.78. The lowest BCUT2D eigenvalue weighted by atomic mass is 9.90. The fourth-order valence-electron chi connectivity index (χ4n) is 1.63. The molecule has 1 amide bonds. The van der Waals surface area contributed by atoms with Gasteiger partial charge in [0, 0.05) is 0 Å².